The number of hydrogen-bond donors (Lipinski definition) is 3. The van der Waals surface area contributed by atoms with Gasteiger partial charge in [0, 0.05) is 26.1 Å². The lowest BCUT2D eigenvalue weighted by Crippen LogP contribution is -2.45. The Bertz CT molecular complexity index is 363. The van der Waals surface area contributed by atoms with E-state index in [1.54, 1.807) is 0 Å². The molecule has 0 saturated carbocycles. The number of ether oxygens (including phenoxy) is 1. The van der Waals surface area contributed by atoms with Gasteiger partial charge in [-0.05, 0) is 38.0 Å². The Kier molecular flexibility index (Phi) is 6.45. The van der Waals surface area contributed by atoms with Gasteiger partial charge in [0.15, 0.2) is 0 Å². The molecule has 1 saturated heterocycles. The molecular weight excluding hydrogens is 272 g/mol. The average molecular weight is 300 g/mol. The van der Waals surface area contributed by atoms with Crippen molar-refractivity contribution in [1.82, 2.24) is 10.6 Å². The van der Waals surface area contributed by atoms with Crippen LogP contribution < -0.4 is 10.6 Å². The third-order valence-corrected chi connectivity index (χ3v) is 4.03. The topological polar surface area (TPSA) is 87.7 Å². The van der Waals surface area contributed by atoms with Crippen molar-refractivity contribution in [2.75, 3.05) is 19.7 Å². The lowest BCUT2D eigenvalue weighted by molar-refractivity contribution is -0.137. The lowest BCUT2D eigenvalue weighted by Gasteiger charge is -2.25. The summed E-state index contributed by atoms with van der Waals surface area (Å²) in [5.41, 5.74) is -0.329. The summed E-state index contributed by atoms with van der Waals surface area (Å²) in [4.78, 5) is 22.3. The molecule has 0 aliphatic carbocycles. The number of urea groups is 1. The molecule has 0 bridgehead atoms. The van der Waals surface area contributed by atoms with Crippen LogP contribution in [0, 0.1) is 5.41 Å². The Balaban J connectivity index is 2.16. The van der Waals surface area contributed by atoms with Crippen molar-refractivity contribution in [2.45, 2.75) is 58.5 Å². The third-order valence-electron chi connectivity index (χ3n) is 4.03. The summed E-state index contributed by atoms with van der Waals surface area (Å²) in [6.45, 7) is 7.86. The normalized spacial score (nSPS) is 22.0. The van der Waals surface area contributed by atoms with Crippen molar-refractivity contribution < 1.29 is 19.4 Å². The quantitative estimate of drug-likeness (QED) is 0.641. The highest BCUT2D eigenvalue weighted by molar-refractivity contribution is 5.73. The molecule has 1 rings (SSSR count). The van der Waals surface area contributed by atoms with E-state index in [1.807, 2.05) is 20.8 Å². The molecule has 1 heterocycles. The van der Waals surface area contributed by atoms with Crippen LogP contribution >= 0.6 is 0 Å². The minimum Gasteiger partial charge on any atom is -0.481 e. The first-order valence-corrected chi connectivity index (χ1v) is 7.60. The molecule has 122 valence electrons. The van der Waals surface area contributed by atoms with Crippen LogP contribution in [0.2, 0.25) is 0 Å². The van der Waals surface area contributed by atoms with E-state index in [0.717, 1.165) is 25.9 Å². The van der Waals surface area contributed by atoms with Crippen LogP contribution in [0.3, 0.4) is 0 Å². The van der Waals surface area contributed by atoms with Crippen LogP contribution in [0.5, 0.6) is 0 Å². The van der Waals surface area contributed by atoms with E-state index >= 15 is 0 Å². The van der Waals surface area contributed by atoms with Gasteiger partial charge in [0.1, 0.15) is 0 Å². The summed E-state index contributed by atoms with van der Waals surface area (Å²) in [7, 11) is 0. The maximum absolute atomic E-state index is 11.7. The smallest absolute Gasteiger partial charge is 0.314 e. The summed E-state index contributed by atoms with van der Waals surface area (Å²) >= 11 is 0. The first-order valence-electron chi connectivity index (χ1n) is 7.60. The van der Waals surface area contributed by atoms with Crippen LogP contribution in [0.1, 0.15) is 52.9 Å². The molecule has 1 aliphatic heterocycles. The molecule has 6 nitrogen and oxygen atoms in total. The molecule has 0 aromatic rings. The Morgan fingerprint density at radius 2 is 2.00 bits per heavy atom. The first-order chi connectivity index (χ1) is 9.72. The minimum atomic E-state index is -0.779. The number of carboxylic acid groups (broad SMARTS) is 1. The minimum absolute atomic E-state index is 0.0911. The molecule has 0 aromatic heterocycles. The predicted octanol–water partition coefficient (Wildman–Crippen LogP) is 2.14. The van der Waals surface area contributed by atoms with Gasteiger partial charge in [-0.25, -0.2) is 4.79 Å². The van der Waals surface area contributed by atoms with Gasteiger partial charge in [-0.15, -0.1) is 0 Å². The molecular formula is C15H28N2O4. The van der Waals surface area contributed by atoms with Crippen LogP contribution in [0.25, 0.3) is 0 Å². The summed E-state index contributed by atoms with van der Waals surface area (Å²) in [6, 6.07) is -0.194. The van der Waals surface area contributed by atoms with E-state index in [4.69, 9.17) is 9.84 Å². The maximum Gasteiger partial charge on any atom is 0.314 e. The van der Waals surface area contributed by atoms with Crippen LogP contribution in [0.4, 0.5) is 4.79 Å². The van der Waals surface area contributed by atoms with Gasteiger partial charge in [0.2, 0.25) is 0 Å². The molecule has 6 heteroatoms. The van der Waals surface area contributed by atoms with Gasteiger partial charge >= 0.3 is 12.0 Å². The molecule has 1 aliphatic rings. The number of carbonyl (C=O) groups is 2. The summed E-state index contributed by atoms with van der Waals surface area (Å²) in [6.07, 6.45) is 3.53. The van der Waals surface area contributed by atoms with Crippen molar-refractivity contribution in [1.29, 1.82) is 0 Å². The first kappa shape index (κ1) is 17.8. The maximum atomic E-state index is 11.7. The molecule has 0 aromatic carbocycles. The second-order valence-electron chi connectivity index (χ2n) is 6.82. The number of carbonyl (C=O) groups excluding carboxylic acids is 1. The molecule has 1 fully saturated rings. The number of carboxylic acids is 1. The second kappa shape index (κ2) is 7.64. The Morgan fingerprint density at radius 1 is 1.29 bits per heavy atom. The van der Waals surface area contributed by atoms with Crippen LogP contribution in [-0.2, 0) is 9.53 Å². The summed E-state index contributed by atoms with van der Waals surface area (Å²) in [5.74, 6) is -0.779. The number of amides is 2. The third kappa shape index (κ3) is 7.32. The summed E-state index contributed by atoms with van der Waals surface area (Å²) in [5, 5.41) is 14.3. The zero-order chi connectivity index (χ0) is 15.9. The van der Waals surface area contributed by atoms with Crippen molar-refractivity contribution in [2.24, 2.45) is 5.41 Å². The van der Waals surface area contributed by atoms with Crippen LogP contribution in [0.15, 0.2) is 0 Å². The molecule has 2 amide bonds. The Labute approximate surface area is 126 Å². The van der Waals surface area contributed by atoms with E-state index < -0.39 is 5.97 Å². The highest BCUT2D eigenvalue weighted by atomic mass is 16.5. The molecule has 0 radical (unpaired) electrons. The van der Waals surface area contributed by atoms with E-state index in [0.29, 0.717) is 19.5 Å². The Hall–Kier alpha value is -1.30. The van der Waals surface area contributed by atoms with E-state index in [1.165, 1.54) is 0 Å². The van der Waals surface area contributed by atoms with Gasteiger partial charge in [0.25, 0.3) is 0 Å². The fraction of sp³-hybridized carbons (Fsp3) is 0.867. The van der Waals surface area contributed by atoms with Crippen LogP contribution in [-0.4, -0.2) is 42.4 Å². The van der Waals surface area contributed by atoms with Gasteiger partial charge in [0.05, 0.1) is 5.60 Å². The molecule has 0 spiro atoms. The number of aliphatic carboxylic acids is 1. The number of hydrogen-bond acceptors (Lipinski definition) is 3. The van der Waals surface area contributed by atoms with Gasteiger partial charge < -0.3 is 20.5 Å². The molecule has 1 atom stereocenters. The second-order valence-corrected chi connectivity index (χ2v) is 6.82. The van der Waals surface area contributed by atoms with E-state index in [-0.39, 0.29) is 23.5 Å². The zero-order valence-corrected chi connectivity index (χ0v) is 13.3. The molecule has 21 heavy (non-hydrogen) atoms. The van der Waals surface area contributed by atoms with Crippen molar-refractivity contribution in [3.05, 3.63) is 0 Å². The molecule has 1 unspecified atom stereocenters. The van der Waals surface area contributed by atoms with Crippen molar-refractivity contribution >= 4 is 12.0 Å². The predicted molar refractivity (Wildman–Crippen MR) is 80.3 cm³/mol. The van der Waals surface area contributed by atoms with E-state index in [2.05, 4.69) is 10.6 Å². The van der Waals surface area contributed by atoms with Gasteiger partial charge in [-0.2, -0.15) is 0 Å². The van der Waals surface area contributed by atoms with Gasteiger partial charge in [-0.3, -0.25) is 4.79 Å². The molecule has 3 N–H and O–H groups in total. The highest BCUT2D eigenvalue weighted by Gasteiger charge is 2.30. The van der Waals surface area contributed by atoms with Crippen molar-refractivity contribution in [3.63, 3.8) is 0 Å². The van der Waals surface area contributed by atoms with Crippen molar-refractivity contribution in [3.8, 4) is 0 Å². The summed E-state index contributed by atoms with van der Waals surface area (Å²) < 4.78 is 5.61. The fourth-order valence-electron chi connectivity index (χ4n) is 2.39. The van der Waals surface area contributed by atoms with E-state index in [9.17, 15) is 9.59 Å². The number of nitrogens with one attached hydrogen (secondary N) is 2. The fourth-order valence-corrected chi connectivity index (χ4v) is 2.39. The monoisotopic (exact) mass is 300 g/mol. The van der Waals surface area contributed by atoms with Gasteiger partial charge in [-0.1, -0.05) is 13.8 Å². The number of rotatable bonds is 8. The lowest BCUT2D eigenvalue weighted by atomic mass is 9.84. The largest absolute Gasteiger partial charge is 0.481 e. The highest BCUT2D eigenvalue weighted by Crippen LogP contribution is 2.26. The average Bonchev–Trinajstić information content (AvgIpc) is 2.82. The standard InChI is InChI=1S/C15H28N2O4/c1-14(2,7-5-12(18)19)8-9-16-13(20)17-11-15(3)6-4-10-21-15/h4-11H2,1-3H3,(H,18,19)(H2,16,17,20). The Morgan fingerprint density at radius 3 is 2.57 bits per heavy atom. The SMILES string of the molecule is CC(C)(CCNC(=O)NCC1(C)CCCO1)CCC(=O)O. The zero-order valence-electron chi connectivity index (χ0n) is 13.3.